The van der Waals surface area contributed by atoms with Gasteiger partial charge in [-0.25, -0.2) is 0 Å². The van der Waals surface area contributed by atoms with Crippen LogP contribution in [-0.2, 0) is 19.3 Å². The predicted molar refractivity (Wildman–Crippen MR) is 49.3 cm³/mol. The summed E-state index contributed by atoms with van der Waals surface area (Å²) in [5.41, 5.74) is 4.29. The van der Waals surface area contributed by atoms with E-state index in [1.165, 1.54) is 36.0 Å². The van der Waals surface area contributed by atoms with Crippen molar-refractivity contribution in [3.05, 3.63) is 34.9 Å². The van der Waals surface area contributed by atoms with Gasteiger partial charge >= 0.3 is 0 Å². The highest BCUT2D eigenvalue weighted by molar-refractivity contribution is 5.35. The molecule has 1 aliphatic carbocycles. The van der Waals surface area contributed by atoms with Gasteiger partial charge in [-0.05, 0) is 42.4 Å². The molecular weight excluding hydrogens is 148 g/mol. The molecule has 0 saturated carbocycles. The van der Waals surface area contributed by atoms with Gasteiger partial charge in [0.1, 0.15) is 0 Å². The molecule has 0 spiro atoms. The van der Waals surface area contributed by atoms with Crippen LogP contribution >= 0.6 is 0 Å². The van der Waals surface area contributed by atoms with Crippen molar-refractivity contribution in [2.75, 3.05) is 6.61 Å². The molecule has 0 bridgehead atoms. The summed E-state index contributed by atoms with van der Waals surface area (Å²) < 4.78 is 0. The Balaban J connectivity index is 2.26. The van der Waals surface area contributed by atoms with E-state index < -0.39 is 0 Å². The Morgan fingerprint density at radius 2 is 2.00 bits per heavy atom. The van der Waals surface area contributed by atoms with Crippen LogP contribution in [0.4, 0.5) is 0 Å². The third-order valence-electron chi connectivity index (χ3n) is 2.56. The van der Waals surface area contributed by atoms with Crippen molar-refractivity contribution in [3.63, 3.8) is 0 Å². The number of hydrogen-bond acceptors (Lipinski definition) is 1. The van der Waals surface area contributed by atoms with Crippen molar-refractivity contribution in [2.45, 2.75) is 25.7 Å². The number of aryl methyl sites for hydroxylation is 2. The van der Waals surface area contributed by atoms with Crippen molar-refractivity contribution >= 4 is 0 Å². The molecule has 0 aliphatic heterocycles. The molecule has 0 atom stereocenters. The summed E-state index contributed by atoms with van der Waals surface area (Å²) in [5.74, 6) is 0. The topological polar surface area (TPSA) is 20.2 Å². The summed E-state index contributed by atoms with van der Waals surface area (Å²) in [6.07, 6.45) is 4.58. The van der Waals surface area contributed by atoms with E-state index in [1.807, 2.05) is 0 Å². The second-order valence-electron chi connectivity index (χ2n) is 3.43. The van der Waals surface area contributed by atoms with Crippen LogP contribution in [0.2, 0.25) is 0 Å². The molecule has 64 valence electrons. The Morgan fingerprint density at radius 1 is 1.17 bits per heavy atom. The number of rotatable bonds is 2. The minimum Gasteiger partial charge on any atom is -0.396 e. The second-order valence-corrected chi connectivity index (χ2v) is 3.43. The Labute approximate surface area is 73.0 Å². The molecule has 0 unspecified atom stereocenters. The van der Waals surface area contributed by atoms with Crippen molar-refractivity contribution in [1.82, 2.24) is 0 Å². The zero-order valence-electron chi connectivity index (χ0n) is 7.21. The summed E-state index contributed by atoms with van der Waals surface area (Å²) in [6, 6.07) is 6.60. The van der Waals surface area contributed by atoms with Crippen molar-refractivity contribution < 1.29 is 5.11 Å². The maximum atomic E-state index is 8.77. The molecule has 1 aromatic rings. The monoisotopic (exact) mass is 162 g/mol. The molecule has 1 heteroatoms. The first-order valence-electron chi connectivity index (χ1n) is 4.61. The van der Waals surface area contributed by atoms with Gasteiger partial charge in [-0.3, -0.25) is 0 Å². The average Bonchev–Trinajstić information content (AvgIpc) is 2.51. The molecular formula is C11H14O. The van der Waals surface area contributed by atoms with E-state index in [9.17, 15) is 0 Å². The van der Waals surface area contributed by atoms with Crippen molar-refractivity contribution in [1.29, 1.82) is 0 Å². The summed E-state index contributed by atoms with van der Waals surface area (Å²) in [7, 11) is 0. The van der Waals surface area contributed by atoms with Crippen LogP contribution in [0, 0.1) is 0 Å². The minimum atomic E-state index is 0.263. The van der Waals surface area contributed by atoms with Crippen LogP contribution in [0.3, 0.4) is 0 Å². The van der Waals surface area contributed by atoms with Gasteiger partial charge in [-0.15, -0.1) is 0 Å². The minimum absolute atomic E-state index is 0.263. The van der Waals surface area contributed by atoms with Crippen LogP contribution in [0.15, 0.2) is 18.2 Å². The number of hydrogen-bond donors (Lipinski definition) is 1. The van der Waals surface area contributed by atoms with Crippen LogP contribution < -0.4 is 0 Å². The fourth-order valence-electron chi connectivity index (χ4n) is 1.91. The van der Waals surface area contributed by atoms with E-state index >= 15 is 0 Å². The normalized spacial score (nSPS) is 14.8. The molecule has 1 aliphatic rings. The molecule has 0 fully saturated rings. The molecule has 1 nitrogen and oxygen atoms in total. The Bertz CT molecular complexity index is 278. The van der Waals surface area contributed by atoms with Gasteiger partial charge in [0, 0.05) is 6.61 Å². The summed E-state index contributed by atoms with van der Waals surface area (Å²) in [6.45, 7) is 0.263. The largest absolute Gasteiger partial charge is 0.396 e. The summed E-state index contributed by atoms with van der Waals surface area (Å²) in [5, 5.41) is 8.77. The molecule has 0 amide bonds. The molecule has 12 heavy (non-hydrogen) atoms. The third kappa shape index (κ3) is 1.37. The fourth-order valence-corrected chi connectivity index (χ4v) is 1.91. The van der Waals surface area contributed by atoms with Crippen LogP contribution in [0.25, 0.3) is 0 Å². The third-order valence-corrected chi connectivity index (χ3v) is 2.56. The van der Waals surface area contributed by atoms with Crippen molar-refractivity contribution in [2.24, 2.45) is 0 Å². The molecule has 0 aromatic heterocycles. The highest BCUT2D eigenvalue weighted by atomic mass is 16.2. The quantitative estimate of drug-likeness (QED) is 0.702. The first kappa shape index (κ1) is 7.81. The van der Waals surface area contributed by atoms with E-state index in [0.29, 0.717) is 0 Å². The number of fused-ring (bicyclic) bond motifs is 1. The van der Waals surface area contributed by atoms with Gasteiger partial charge in [0.05, 0.1) is 0 Å². The standard InChI is InChI=1S/C11H14O/c12-7-6-9-4-5-10-2-1-3-11(10)8-9/h4-5,8,12H,1-3,6-7H2. The Morgan fingerprint density at radius 3 is 2.83 bits per heavy atom. The van der Waals surface area contributed by atoms with Gasteiger partial charge in [-0.1, -0.05) is 18.2 Å². The summed E-state index contributed by atoms with van der Waals surface area (Å²) >= 11 is 0. The number of aliphatic hydroxyl groups excluding tert-OH is 1. The molecule has 0 heterocycles. The highest BCUT2D eigenvalue weighted by Crippen LogP contribution is 2.22. The summed E-state index contributed by atoms with van der Waals surface area (Å²) in [4.78, 5) is 0. The van der Waals surface area contributed by atoms with E-state index in [1.54, 1.807) is 0 Å². The number of benzene rings is 1. The van der Waals surface area contributed by atoms with E-state index in [2.05, 4.69) is 18.2 Å². The van der Waals surface area contributed by atoms with Gasteiger partial charge in [0.15, 0.2) is 0 Å². The average molecular weight is 162 g/mol. The van der Waals surface area contributed by atoms with E-state index in [4.69, 9.17) is 5.11 Å². The molecule has 1 N–H and O–H groups in total. The maximum Gasteiger partial charge on any atom is 0.0471 e. The predicted octanol–water partition coefficient (Wildman–Crippen LogP) is 1.71. The smallest absolute Gasteiger partial charge is 0.0471 e. The van der Waals surface area contributed by atoms with Crippen LogP contribution in [-0.4, -0.2) is 11.7 Å². The molecule has 0 saturated heterocycles. The second kappa shape index (κ2) is 3.28. The maximum absolute atomic E-state index is 8.77. The van der Waals surface area contributed by atoms with Gasteiger partial charge in [0.25, 0.3) is 0 Å². The Hall–Kier alpha value is -0.820. The van der Waals surface area contributed by atoms with Crippen LogP contribution in [0.1, 0.15) is 23.1 Å². The highest BCUT2D eigenvalue weighted by Gasteiger charge is 2.09. The first-order valence-corrected chi connectivity index (χ1v) is 4.61. The van der Waals surface area contributed by atoms with Crippen molar-refractivity contribution in [3.8, 4) is 0 Å². The molecule has 0 radical (unpaired) electrons. The lowest BCUT2D eigenvalue weighted by atomic mass is 10.0. The first-order chi connectivity index (χ1) is 5.90. The lowest BCUT2D eigenvalue weighted by Crippen LogP contribution is -1.92. The SMILES string of the molecule is OCCc1ccc2c(c1)CCC2. The zero-order chi connectivity index (χ0) is 8.39. The van der Waals surface area contributed by atoms with Gasteiger partial charge in [-0.2, -0.15) is 0 Å². The zero-order valence-corrected chi connectivity index (χ0v) is 7.21. The van der Waals surface area contributed by atoms with E-state index in [0.717, 1.165) is 6.42 Å². The number of aliphatic hydroxyl groups is 1. The van der Waals surface area contributed by atoms with E-state index in [-0.39, 0.29) is 6.61 Å². The lowest BCUT2D eigenvalue weighted by molar-refractivity contribution is 0.299. The van der Waals surface area contributed by atoms with Gasteiger partial charge < -0.3 is 5.11 Å². The molecule has 1 aromatic carbocycles. The Kier molecular flexibility index (Phi) is 2.13. The van der Waals surface area contributed by atoms with Gasteiger partial charge in [0.2, 0.25) is 0 Å². The van der Waals surface area contributed by atoms with Crippen LogP contribution in [0.5, 0.6) is 0 Å². The fraction of sp³-hybridized carbons (Fsp3) is 0.455. The molecule has 2 rings (SSSR count). The lowest BCUT2D eigenvalue weighted by Gasteiger charge is -2.02.